The first-order chi connectivity index (χ1) is 9.16. The molecular weight excluding hydrogens is 238 g/mol. The highest BCUT2D eigenvalue weighted by atomic mass is 16.3. The van der Waals surface area contributed by atoms with Gasteiger partial charge in [-0.25, -0.2) is 0 Å². The van der Waals surface area contributed by atoms with Gasteiger partial charge in [-0.1, -0.05) is 24.3 Å². The Bertz CT molecular complexity index is 632. The quantitative estimate of drug-likeness (QED) is 0.895. The van der Waals surface area contributed by atoms with Crippen LogP contribution in [0.5, 0.6) is 5.75 Å². The number of hydrogen-bond acceptors (Lipinski definition) is 2. The van der Waals surface area contributed by atoms with Crippen LogP contribution < -0.4 is 0 Å². The van der Waals surface area contributed by atoms with Crippen molar-refractivity contribution in [2.24, 2.45) is 0 Å². The number of phenolic OH excluding ortho intramolecular Hbond substituents is 1. The average Bonchev–Trinajstić information content (AvgIpc) is 2.35. The van der Waals surface area contributed by atoms with Gasteiger partial charge in [-0.3, -0.25) is 4.79 Å². The zero-order valence-corrected chi connectivity index (χ0v) is 11.0. The molecule has 2 aromatic rings. The van der Waals surface area contributed by atoms with Gasteiger partial charge in [0.1, 0.15) is 5.75 Å². The number of nitrogens with zero attached hydrogens (tertiary/aromatic N) is 1. The molecule has 0 aliphatic heterocycles. The molecule has 98 valence electrons. The summed E-state index contributed by atoms with van der Waals surface area (Å²) in [6.07, 6.45) is 3.32. The summed E-state index contributed by atoms with van der Waals surface area (Å²) in [5, 5.41) is 12.0. The molecule has 2 aromatic carbocycles. The topological polar surface area (TPSA) is 40.5 Å². The van der Waals surface area contributed by atoms with Crippen LogP contribution in [0.3, 0.4) is 0 Å². The fourth-order valence-corrected chi connectivity index (χ4v) is 2.53. The lowest BCUT2D eigenvalue weighted by molar-refractivity contribution is 0.0649. The summed E-state index contributed by atoms with van der Waals surface area (Å²) in [6.45, 7) is 0. The molecule has 1 saturated carbocycles. The predicted octanol–water partition coefficient (Wildman–Crippen LogP) is 3.17. The van der Waals surface area contributed by atoms with E-state index in [1.807, 2.05) is 31.3 Å². The molecule has 1 amide bonds. The highest BCUT2D eigenvalue weighted by Crippen LogP contribution is 2.29. The molecule has 0 bridgehead atoms. The fourth-order valence-electron chi connectivity index (χ4n) is 2.53. The standard InChI is InChI=1S/C16H17NO2/c1-17(13-7-4-8-13)16(19)14-9-11-5-2-3-6-12(11)10-15(14)18/h2-3,5-6,9-10,13,18H,4,7-8H2,1H3. The Hall–Kier alpha value is -2.03. The number of aromatic hydroxyl groups is 1. The van der Waals surface area contributed by atoms with E-state index in [0.29, 0.717) is 11.6 Å². The van der Waals surface area contributed by atoms with Crippen LogP contribution in [0, 0.1) is 0 Å². The molecule has 0 heterocycles. The summed E-state index contributed by atoms with van der Waals surface area (Å²) in [6, 6.07) is 11.5. The highest BCUT2D eigenvalue weighted by molar-refractivity contribution is 6.01. The summed E-state index contributed by atoms with van der Waals surface area (Å²) in [5.74, 6) is -0.0252. The van der Waals surface area contributed by atoms with Crippen molar-refractivity contribution < 1.29 is 9.90 Å². The van der Waals surface area contributed by atoms with E-state index < -0.39 is 0 Å². The first-order valence-electron chi connectivity index (χ1n) is 6.66. The zero-order chi connectivity index (χ0) is 13.4. The molecule has 0 atom stereocenters. The van der Waals surface area contributed by atoms with Gasteiger partial charge in [-0.05, 0) is 42.2 Å². The maximum absolute atomic E-state index is 12.4. The monoisotopic (exact) mass is 255 g/mol. The highest BCUT2D eigenvalue weighted by Gasteiger charge is 2.27. The van der Waals surface area contributed by atoms with Crippen LogP contribution in [0.25, 0.3) is 10.8 Å². The van der Waals surface area contributed by atoms with Crippen LogP contribution in [-0.4, -0.2) is 29.0 Å². The number of carbonyl (C=O) groups excluding carboxylic acids is 1. The van der Waals surface area contributed by atoms with E-state index in [-0.39, 0.29) is 11.7 Å². The van der Waals surface area contributed by atoms with Crippen LogP contribution >= 0.6 is 0 Å². The van der Waals surface area contributed by atoms with Crippen molar-refractivity contribution in [1.29, 1.82) is 0 Å². The lowest BCUT2D eigenvalue weighted by Gasteiger charge is -2.34. The van der Waals surface area contributed by atoms with E-state index in [1.165, 1.54) is 6.42 Å². The second-order valence-corrected chi connectivity index (χ2v) is 5.22. The van der Waals surface area contributed by atoms with Crippen molar-refractivity contribution in [2.75, 3.05) is 7.05 Å². The van der Waals surface area contributed by atoms with Crippen molar-refractivity contribution in [1.82, 2.24) is 4.90 Å². The van der Waals surface area contributed by atoms with E-state index in [9.17, 15) is 9.90 Å². The minimum Gasteiger partial charge on any atom is -0.507 e. The molecule has 0 unspecified atom stereocenters. The number of amides is 1. The van der Waals surface area contributed by atoms with E-state index in [0.717, 1.165) is 23.6 Å². The molecule has 3 nitrogen and oxygen atoms in total. The zero-order valence-electron chi connectivity index (χ0n) is 11.0. The molecule has 0 spiro atoms. The third-order valence-electron chi connectivity index (χ3n) is 4.04. The molecule has 19 heavy (non-hydrogen) atoms. The van der Waals surface area contributed by atoms with Crippen LogP contribution in [-0.2, 0) is 0 Å². The smallest absolute Gasteiger partial charge is 0.257 e. The number of benzene rings is 2. The molecule has 0 saturated heterocycles. The summed E-state index contributed by atoms with van der Waals surface area (Å²) >= 11 is 0. The maximum atomic E-state index is 12.4. The van der Waals surface area contributed by atoms with Crippen molar-refractivity contribution in [3.8, 4) is 5.75 Å². The van der Waals surface area contributed by atoms with Gasteiger partial charge in [-0.15, -0.1) is 0 Å². The van der Waals surface area contributed by atoms with Crippen molar-refractivity contribution in [3.05, 3.63) is 42.0 Å². The van der Waals surface area contributed by atoms with Gasteiger partial charge < -0.3 is 10.0 Å². The summed E-state index contributed by atoms with van der Waals surface area (Å²) in [5.41, 5.74) is 0.396. The van der Waals surface area contributed by atoms with Crippen molar-refractivity contribution in [2.45, 2.75) is 25.3 Å². The van der Waals surface area contributed by atoms with E-state index in [1.54, 1.807) is 17.0 Å². The number of fused-ring (bicyclic) bond motifs is 1. The first-order valence-corrected chi connectivity index (χ1v) is 6.66. The Morgan fingerprint density at radius 1 is 1.21 bits per heavy atom. The molecule has 3 heteroatoms. The molecule has 0 radical (unpaired) electrons. The molecular formula is C16H17NO2. The molecule has 0 aromatic heterocycles. The lowest BCUT2D eigenvalue weighted by atomic mass is 9.91. The Morgan fingerprint density at radius 3 is 2.42 bits per heavy atom. The molecule has 3 rings (SSSR count). The second kappa shape index (κ2) is 4.57. The first kappa shape index (κ1) is 12.0. The van der Waals surface area contributed by atoms with Crippen LogP contribution in [0.1, 0.15) is 29.6 Å². The SMILES string of the molecule is CN(C(=O)c1cc2ccccc2cc1O)C1CCC1. The Kier molecular flexibility index (Phi) is 2.90. The second-order valence-electron chi connectivity index (χ2n) is 5.22. The third kappa shape index (κ3) is 2.05. The average molecular weight is 255 g/mol. The maximum Gasteiger partial charge on any atom is 0.257 e. The third-order valence-corrected chi connectivity index (χ3v) is 4.04. The Morgan fingerprint density at radius 2 is 1.84 bits per heavy atom. The molecule has 1 N–H and O–H groups in total. The Labute approximate surface area is 112 Å². The largest absolute Gasteiger partial charge is 0.507 e. The van der Waals surface area contributed by atoms with Gasteiger partial charge in [0.05, 0.1) is 5.56 Å². The van der Waals surface area contributed by atoms with Gasteiger partial charge in [0, 0.05) is 13.1 Å². The van der Waals surface area contributed by atoms with Crippen molar-refractivity contribution in [3.63, 3.8) is 0 Å². The molecule has 1 aliphatic carbocycles. The van der Waals surface area contributed by atoms with Gasteiger partial charge in [0.2, 0.25) is 0 Å². The van der Waals surface area contributed by atoms with E-state index >= 15 is 0 Å². The number of hydrogen-bond donors (Lipinski definition) is 1. The summed E-state index contributed by atoms with van der Waals surface area (Å²) in [4.78, 5) is 14.2. The fraction of sp³-hybridized carbons (Fsp3) is 0.312. The summed E-state index contributed by atoms with van der Waals surface area (Å²) < 4.78 is 0. The van der Waals surface area contributed by atoms with Gasteiger partial charge >= 0.3 is 0 Å². The summed E-state index contributed by atoms with van der Waals surface area (Å²) in [7, 11) is 1.82. The molecule has 1 fully saturated rings. The number of carbonyl (C=O) groups is 1. The minimum absolute atomic E-state index is 0.0647. The van der Waals surface area contributed by atoms with Gasteiger partial charge in [0.15, 0.2) is 0 Å². The number of rotatable bonds is 2. The lowest BCUT2D eigenvalue weighted by Crippen LogP contribution is -2.41. The molecule has 1 aliphatic rings. The van der Waals surface area contributed by atoms with Crippen LogP contribution in [0.4, 0.5) is 0 Å². The minimum atomic E-state index is -0.0899. The van der Waals surface area contributed by atoms with Gasteiger partial charge in [0.25, 0.3) is 5.91 Å². The van der Waals surface area contributed by atoms with Crippen LogP contribution in [0.2, 0.25) is 0 Å². The normalized spacial score (nSPS) is 15.2. The predicted molar refractivity (Wildman–Crippen MR) is 75.3 cm³/mol. The van der Waals surface area contributed by atoms with Crippen molar-refractivity contribution >= 4 is 16.7 Å². The van der Waals surface area contributed by atoms with E-state index in [2.05, 4.69) is 0 Å². The number of phenols is 1. The van der Waals surface area contributed by atoms with Crippen LogP contribution in [0.15, 0.2) is 36.4 Å². The van der Waals surface area contributed by atoms with E-state index in [4.69, 9.17) is 0 Å². The Balaban J connectivity index is 1.99. The van der Waals surface area contributed by atoms with Gasteiger partial charge in [-0.2, -0.15) is 0 Å².